The number of imide groups is 1. The zero-order chi connectivity index (χ0) is 31.9. The number of fused-ring (bicyclic) bond motifs is 1. The van der Waals surface area contributed by atoms with Gasteiger partial charge in [0.15, 0.2) is 0 Å². The summed E-state index contributed by atoms with van der Waals surface area (Å²) in [5.41, 5.74) is -2.02. The van der Waals surface area contributed by atoms with Crippen LogP contribution in [0.25, 0.3) is 0 Å². The third kappa shape index (κ3) is 6.74. The smallest absolute Gasteiger partial charge is 0.416 e. The standard InChI is InChI=1S/C33H52N2O8/c1-10-32(7)17-24(42-29(38)35-28(37)41-22-15-21(16-22)34-30(39)43-31(4,5)6)33(8)18(2)11-12-20-13-14-23(19(3)27(32)36)26(40-9)25(20)33/h10,18-26H,1,11-17H2,2-9H3,(H,34,39)(H,35,37,38)/t18-,19-,20+,21?,22?,23?,24-,25?,26-,32-,33+/m1/s1. The minimum absolute atomic E-state index is 0.0707. The lowest BCUT2D eigenvalue weighted by Gasteiger charge is -2.58. The predicted molar refractivity (Wildman–Crippen MR) is 160 cm³/mol. The van der Waals surface area contributed by atoms with Gasteiger partial charge in [-0.05, 0) is 77.0 Å². The Hall–Kier alpha value is -2.62. The number of hydrogen-bond donors (Lipinski definition) is 2. The molecule has 242 valence electrons. The predicted octanol–water partition coefficient (Wildman–Crippen LogP) is 6.17. The second-order valence-electron chi connectivity index (χ2n) is 14.9. The van der Waals surface area contributed by atoms with Crippen molar-refractivity contribution >= 4 is 24.1 Å². The molecule has 4 rings (SSSR count). The van der Waals surface area contributed by atoms with Crippen molar-refractivity contribution in [3.63, 3.8) is 0 Å². The molecule has 3 amide bonds. The molecule has 10 heteroatoms. The molecular weight excluding hydrogens is 552 g/mol. The normalized spacial score (nSPS) is 40.8. The maximum absolute atomic E-state index is 14.0. The van der Waals surface area contributed by atoms with Gasteiger partial charge in [-0.3, -0.25) is 4.79 Å². The van der Waals surface area contributed by atoms with E-state index in [0.717, 1.165) is 25.7 Å². The number of amides is 3. The van der Waals surface area contributed by atoms with E-state index < -0.39 is 46.9 Å². The number of Topliss-reactive ketones (excluding diaryl/α,β-unsaturated/α-hetero) is 1. The Bertz CT molecular complexity index is 1100. The summed E-state index contributed by atoms with van der Waals surface area (Å²) in [5, 5.41) is 4.99. The van der Waals surface area contributed by atoms with E-state index in [1.54, 1.807) is 34.0 Å². The Morgan fingerprint density at radius 2 is 1.60 bits per heavy atom. The van der Waals surface area contributed by atoms with Crippen LogP contribution in [0.3, 0.4) is 0 Å². The lowest BCUT2D eigenvalue weighted by Crippen LogP contribution is -2.59. The summed E-state index contributed by atoms with van der Waals surface area (Å²) in [6, 6.07) is -0.177. The summed E-state index contributed by atoms with van der Waals surface area (Å²) < 4.78 is 23.0. The van der Waals surface area contributed by atoms with E-state index in [9.17, 15) is 19.2 Å². The van der Waals surface area contributed by atoms with Gasteiger partial charge in [-0.15, -0.1) is 6.58 Å². The third-order valence-corrected chi connectivity index (χ3v) is 11.1. The number of rotatable bonds is 5. The van der Waals surface area contributed by atoms with E-state index in [1.807, 2.05) is 13.8 Å². The second kappa shape index (κ2) is 12.4. The monoisotopic (exact) mass is 604 g/mol. The maximum Gasteiger partial charge on any atom is 0.416 e. The van der Waals surface area contributed by atoms with E-state index in [4.69, 9.17) is 18.9 Å². The number of allylic oxidation sites excluding steroid dienone is 1. The van der Waals surface area contributed by atoms with Gasteiger partial charge in [0, 0.05) is 49.2 Å². The molecule has 0 saturated heterocycles. The van der Waals surface area contributed by atoms with E-state index in [-0.39, 0.29) is 48.0 Å². The Labute approximate surface area is 256 Å². The van der Waals surface area contributed by atoms with Gasteiger partial charge < -0.3 is 24.3 Å². The van der Waals surface area contributed by atoms with Crippen molar-refractivity contribution < 1.29 is 38.1 Å². The molecule has 10 nitrogen and oxygen atoms in total. The maximum atomic E-state index is 14.0. The zero-order valence-corrected chi connectivity index (χ0v) is 27.2. The molecular formula is C33H52N2O8. The molecule has 2 bridgehead atoms. The first-order valence-corrected chi connectivity index (χ1v) is 15.9. The van der Waals surface area contributed by atoms with Crippen molar-refractivity contribution in [3.8, 4) is 0 Å². The molecule has 0 radical (unpaired) electrons. The summed E-state index contributed by atoms with van der Waals surface area (Å²) in [4.78, 5) is 51.9. The molecule has 4 saturated carbocycles. The number of carbonyl (C=O) groups excluding carboxylic acids is 4. The van der Waals surface area contributed by atoms with Crippen molar-refractivity contribution in [1.29, 1.82) is 0 Å². The largest absolute Gasteiger partial charge is 0.446 e. The first-order chi connectivity index (χ1) is 20.0. The number of nitrogens with one attached hydrogen (secondary N) is 2. The Morgan fingerprint density at radius 1 is 0.977 bits per heavy atom. The molecule has 0 spiro atoms. The SMILES string of the molecule is C=C[C@]1(C)C[C@@H](OC(=O)NC(=O)OC2CC(NC(=O)OC(C)(C)C)C2)[C@@]2(C)C3[C@H](CCC([C@H]3OC)[C@@H](C)C1=O)CC[C@H]2C. The molecule has 0 aromatic carbocycles. The first-order valence-electron chi connectivity index (χ1n) is 15.9. The Morgan fingerprint density at radius 3 is 2.21 bits per heavy atom. The molecule has 0 aromatic heterocycles. The van der Waals surface area contributed by atoms with Crippen LogP contribution in [-0.4, -0.2) is 61.1 Å². The number of methoxy groups -OCH3 is 1. The minimum Gasteiger partial charge on any atom is -0.446 e. The highest BCUT2D eigenvalue weighted by atomic mass is 16.6. The Kier molecular flexibility index (Phi) is 9.60. The van der Waals surface area contributed by atoms with Gasteiger partial charge in [0.25, 0.3) is 0 Å². The average molecular weight is 605 g/mol. The fourth-order valence-electron chi connectivity index (χ4n) is 8.41. The van der Waals surface area contributed by atoms with Gasteiger partial charge in [0.05, 0.1) is 6.10 Å². The highest BCUT2D eigenvalue weighted by Crippen LogP contribution is 2.61. The van der Waals surface area contributed by atoms with Gasteiger partial charge >= 0.3 is 18.3 Å². The number of ketones is 1. The number of alkyl carbamates (subject to hydrolysis) is 3. The second-order valence-corrected chi connectivity index (χ2v) is 14.9. The van der Waals surface area contributed by atoms with Crippen LogP contribution in [0, 0.1) is 40.4 Å². The van der Waals surface area contributed by atoms with Crippen molar-refractivity contribution in [2.45, 2.75) is 123 Å². The van der Waals surface area contributed by atoms with E-state index >= 15 is 0 Å². The van der Waals surface area contributed by atoms with Gasteiger partial charge in [-0.25, -0.2) is 19.7 Å². The van der Waals surface area contributed by atoms with Crippen molar-refractivity contribution in [2.75, 3.05) is 7.11 Å². The van der Waals surface area contributed by atoms with Gasteiger partial charge in [0.1, 0.15) is 23.6 Å². The number of ether oxygens (including phenoxy) is 4. The summed E-state index contributed by atoms with van der Waals surface area (Å²) >= 11 is 0. The number of hydrogen-bond acceptors (Lipinski definition) is 8. The zero-order valence-electron chi connectivity index (χ0n) is 27.2. The van der Waals surface area contributed by atoms with E-state index in [1.165, 1.54) is 0 Å². The molecule has 43 heavy (non-hydrogen) atoms. The van der Waals surface area contributed by atoms with Crippen LogP contribution in [0.2, 0.25) is 0 Å². The number of carbonyl (C=O) groups is 4. The van der Waals surface area contributed by atoms with Crippen molar-refractivity contribution in [3.05, 3.63) is 12.7 Å². The Balaban J connectivity index is 1.47. The third-order valence-electron chi connectivity index (χ3n) is 11.1. The van der Waals surface area contributed by atoms with Crippen LogP contribution >= 0.6 is 0 Å². The van der Waals surface area contributed by atoms with Gasteiger partial charge in [0.2, 0.25) is 0 Å². The van der Waals surface area contributed by atoms with E-state index in [2.05, 4.69) is 31.1 Å². The molecule has 4 fully saturated rings. The first kappa shape index (κ1) is 33.3. The fourth-order valence-corrected chi connectivity index (χ4v) is 8.41. The summed E-state index contributed by atoms with van der Waals surface area (Å²) in [6.07, 6.45) is 3.22. The van der Waals surface area contributed by atoms with Crippen LogP contribution in [0.1, 0.15) is 93.4 Å². The van der Waals surface area contributed by atoms with Crippen LogP contribution in [0.5, 0.6) is 0 Å². The molecule has 0 heterocycles. The highest BCUT2D eigenvalue weighted by Gasteiger charge is 2.61. The molecule has 2 unspecified atom stereocenters. The molecule has 4 aliphatic rings. The molecule has 4 aliphatic carbocycles. The van der Waals surface area contributed by atoms with Crippen LogP contribution in [0.15, 0.2) is 12.7 Å². The van der Waals surface area contributed by atoms with Crippen LogP contribution in [0.4, 0.5) is 14.4 Å². The minimum atomic E-state index is -0.918. The molecule has 0 aromatic rings. The summed E-state index contributed by atoms with van der Waals surface area (Å²) in [7, 11) is 1.73. The van der Waals surface area contributed by atoms with Crippen LogP contribution in [-0.2, 0) is 23.7 Å². The van der Waals surface area contributed by atoms with Gasteiger partial charge in [-0.2, -0.15) is 0 Å². The lowest BCUT2D eigenvalue weighted by atomic mass is 9.49. The van der Waals surface area contributed by atoms with Crippen molar-refractivity contribution in [2.24, 2.45) is 40.4 Å². The van der Waals surface area contributed by atoms with Crippen LogP contribution < -0.4 is 10.6 Å². The summed E-state index contributed by atoms with van der Waals surface area (Å²) in [5.74, 6) is 0.609. The van der Waals surface area contributed by atoms with Crippen molar-refractivity contribution in [1.82, 2.24) is 10.6 Å². The summed E-state index contributed by atoms with van der Waals surface area (Å²) in [6.45, 7) is 17.6. The van der Waals surface area contributed by atoms with E-state index in [0.29, 0.717) is 18.8 Å². The average Bonchev–Trinajstić information content (AvgIpc) is 2.91. The molecule has 9 atom stereocenters. The van der Waals surface area contributed by atoms with Gasteiger partial charge in [-0.1, -0.05) is 26.8 Å². The fraction of sp³-hybridized carbons (Fsp3) is 0.818. The molecule has 2 N–H and O–H groups in total. The highest BCUT2D eigenvalue weighted by molar-refractivity contribution is 5.89. The lowest BCUT2D eigenvalue weighted by molar-refractivity contribution is -0.177. The molecule has 0 aliphatic heterocycles. The quantitative estimate of drug-likeness (QED) is 0.282. The topological polar surface area (TPSA) is 129 Å².